The largest absolute Gasteiger partial charge is 0.367 e. The van der Waals surface area contributed by atoms with Crippen LogP contribution < -0.4 is 10.6 Å². The summed E-state index contributed by atoms with van der Waals surface area (Å²) in [5.41, 5.74) is 0.812. The van der Waals surface area contributed by atoms with Gasteiger partial charge >= 0.3 is 0 Å². The topological polar surface area (TPSA) is 84.7 Å². The molecular formula is C17H26N6OS. The van der Waals surface area contributed by atoms with E-state index < -0.39 is 0 Å². The molecule has 0 unspecified atom stereocenters. The lowest BCUT2D eigenvalue weighted by Crippen LogP contribution is -2.36. The van der Waals surface area contributed by atoms with Crippen LogP contribution in [0.2, 0.25) is 0 Å². The van der Waals surface area contributed by atoms with Crippen LogP contribution in [0.25, 0.3) is 11.0 Å². The van der Waals surface area contributed by atoms with Gasteiger partial charge in [0, 0.05) is 18.5 Å². The fourth-order valence-corrected chi connectivity index (χ4v) is 3.34. The summed E-state index contributed by atoms with van der Waals surface area (Å²) in [5, 5.41) is 12.5. The Bertz CT molecular complexity index is 740. The van der Waals surface area contributed by atoms with E-state index in [-0.39, 0.29) is 17.9 Å². The molecule has 0 radical (unpaired) electrons. The van der Waals surface area contributed by atoms with Gasteiger partial charge in [0.2, 0.25) is 5.91 Å². The first-order valence-electron chi connectivity index (χ1n) is 8.99. The Morgan fingerprint density at radius 1 is 1.40 bits per heavy atom. The second-order valence-electron chi connectivity index (χ2n) is 6.61. The van der Waals surface area contributed by atoms with Crippen molar-refractivity contribution in [2.24, 2.45) is 5.92 Å². The van der Waals surface area contributed by atoms with Gasteiger partial charge in [0.1, 0.15) is 5.82 Å². The van der Waals surface area contributed by atoms with Crippen LogP contribution in [0.15, 0.2) is 11.4 Å². The summed E-state index contributed by atoms with van der Waals surface area (Å²) in [6, 6.07) is 0.280. The number of aromatic nitrogens is 4. The van der Waals surface area contributed by atoms with E-state index in [0.29, 0.717) is 13.1 Å². The Morgan fingerprint density at radius 2 is 2.20 bits per heavy atom. The van der Waals surface area contributed by atoms with Gasteiger partial charge in [0.15, 0.2) is 10.8 Å². The van der Waals surface area contributed by atoms with Gasteiger partial charge in [-0.1, -0.05) is 25.1 Å². The van der Waals surface area contributed by atoms with Gasteiger partial charge in [-0.25, -0.2) is 14.6 Å². The predicted molar refractivity (Wildman–Crippen MR) is 101 cm³/mol. The zero-order valence-electron chi connectivity index (χ0n) is 15.1. The first-order chi connectivity index (χ1) is 12.1. The number of rotatable bonds is 8. The number of carbonyl (C=O) groups excluding carboxylic acids is 1. The van der Waals surface area contributed by atoms with Crippen molar-refractivity contribution in [1.82, 2.24) is 25.1 Å². The van der Waals surface area contributed by atoms with E-state index in [1.54, 1.807) is 18.0 Å². The first kappa shape index (κ1) is 18.0. The highest BCUT2D eigenvalue weighted by molar-refractivity contribution is 7.99. The minimum Gasteiger partial charge on any atom is -0.367 e. The maximum absolute atomic E-state index is 12.0. The minimum absolute atomic E-state index is 0.168. The molecule has 136 valence electrons. The van der Waals surface area contributed by atoms with Crippen molar-refractivity contribution in [2.45, 2.75) is 57.8 Å². The van der Waals surface area contributed by atoms with Gasteiger partial charge in [-0.2, -0.15) is 5.10 Å². The first-order valence-corrected chi connectivity index (χ1v) is 9.97. The molecule has 25 heavy (non-hydrogen) atoms. The molecule has 0 bridgehead atoms. The molecule has 7 nitrogen and oxygen atoms in total. The standard InChI is InChI=1S/C17H26N6OS/c1-4-25-17-21-14(20-11(2)3)13-10-19-23(15(13)22-17)9-8-18-16(24)12-6-5-7-12/h10-12H,4-9H2,1-3H3,(H,18,24)(H,20,21,22). The van der Waals surface area contributed by atoms with Crippen molar-refractivity contribution in [3.8, 4) is 0 Å². The Labute approximate surface area is 152 Å². The molecule has 0 spiro atoms. The van der Waals surface area contributed by atoms with E-state index in [4.69, 9.17) is 0 Å². The molecule has 2 heterocycles. The number of hydrogen-bond acceptors (Lipinski definition) is 6. The van der Waals surface area contributed by atoms with Crippen LogP contribution in [0, 0.1) is 5.92 Å². The van der Waals surface area contributed by atoms with Crippen molar-refractivity contribution >= 4 is 34.5 Å². The number of thioether (sulfide) groups is 1. The monoisotopic (exact) mass is 362 g/mol. The van der Waals surface area contributed by atoms with E-state index in [1.807, 2.05) is 4.68 Å². The molecule has 0 aliphatic heterocycles. The summed E-state index contributed by atoms with van der Waals surface area (Å²) in [5.74, 6) is 2.12. The van der Waals surface area contributed by atoms with Gasteiger partial charge in [-0.15, -0.1) is 0 Å². The molecule has 0 atom stereocenters. The zero-order chi connectivity index (χ0) is 17.8. The number of fused-ring (bicyclic) bond motifs is 1. The quantitative estimate of drug-likeness (QED) is 0.555. The van der Waals surface area contributed by atoms with E-state index in [9.17, 15) is 4.79 Å². The highest BCUT2D eigenvalue weighted by Crippen LogP contribution is 2.26. The minimum atomic E-state index is 0.168. The third-order valence-corrected chi connectivity index (χ3v) is 5.00. The Balaban J connectivity index is 1.75. The van der Waals surface area contributed by atoms with Crippen LogP contribution in [-0.2, 0) is 11.3 Å². The van der Waals surface area contributed by atoms with Crippen LogP contribution in [-0.4, -0.2) is 44.0 Å². The summed E-state index contributed by atoms with van der Waals surface area (Å²) < 4.78 is 1.85. The number of anilines is 1. The lowest BCUT2D eigenvalue weighted by Gasteiger charge is -2.23. The fraction of sp³-hybridized carbons (Fsp3) is 0.647. The summed E-state index contributed by atoms with van der Waals surface area (Å²) in [6.45, 7) is 7.43. The van der Waals surface area contributed by atoms with Crippen LogP contribution in [0.4, 0.5) is 5.82 Å². The number of amides is 1. The Morgan fingerprint density at radius 3 is 2.84 bits per heavy atom. The Hall–Kier alpha value is -1.83. The van der Waals surface area contributed by atoms with Crippen LogP contribution in [0.5, 0.6) is 0 Å². The molecule has 2 aromatic rings. The third kappa shape index (κ3) is 4.23. The molecule has 3 rings (SSSR count). The molecule has 1 saturated carbocycles. The summed E-state index contributed by atoms with van der Waals surface area (Å²) in [7, 11) is 0. The molecular weight excluding hydrogens is 336 g/mol. The van der Waals surface area contributed by atoms with Crippen molar-refractivity contribution in [1.29, 1.82) is 0 Å². The lowest BCUT2D eigenvalue weighted by molar-refractivity contribution is -0.127. The van der Waals surface area contributed by atoms with E-state index >= 15 is 0 Å². The fourth-order valence-electron chi connectivity index (χ4n) is 2.78. The highest BCUT2D eigenvalue weighted by atomic mass is 32.2. The van der Waals surface area contributed by atoms with Crippen molar-refractivity contribution < 1.29 is 4.79 Å². The average molecular weight is 363 g/mol. The second-order valence-corrected chi connectivity index (χ2v) is 7.84. The van der Waals surface area contributed by atoms with Gasteiger partial charge in [-0.05, 0) is 32.4 Å². The zero-order valence-corrected chi connectivity index (χ0v) is 15.9. The van der Waals surface area contributed by atoms with Gasteiger partial charge in [0.05, 0.1) is 18.1 Å². The predicted octanol–water partition coefficient (Wildman–Crippen LogP) is 2.67. The van der Waals surface area contributed by atoms with Crippen molar-refractivity contribution in [2.75, 3.05) is 17.6 Å². The lowest BCUT2D eigenvalue weighted by atomic mass is 9.85. The SMILES string of the molecule is CCSc1nc(NC(C)C)c2cnn(CCNC(=O)C3CCC3)c2n1. The number of hydrogen-bond donors (Lipinski definition) is 2. The smallest absolute Gasteiger partial charge is 0.223 e. The second kappa shape index (κ2) is 8.03. The number of nitrogens with zero attached hydrogens (tertiary/aromatic N) is 4. The number of nitrogens with one attached hydrogen (secondary N) is 2. The van der Waals surface area contributed by atoms with Crippen molar-refractivity contribution in [3.63, 3.8) is 0 Å². The molecule has 0 aromatic carbocycles. The maximum Gasteiger partial charge on any atom is 0.223 e. The highest BCUT2D eigenvalue weighted by Gasteiger charge is 2.24. The third-order valence-electron chi connectivity index (χ3n) is 4.27. The Kier molecular flexibility index (Phi) is 5.78. The number of carbonyl (C=O) groups is 1. The van der Waals surface area contributed by atoms with Gasteiger partial charge in [0.25, 0.3) is 0 Å². The summed E-state index contributed by atoms with van der Waals surface area (Å²) in [4.78, 5) is 21.2. The maximum atomic E-state index is 12.0. The molecule has 1 aliphatic carbocycles. The van der Waals surface area contributed by atoms with Gasteiger partial charge < -0.3 is 10.6 Å². The molecule has 0 saturated heterocycles. The average Bonchev–Trinajstić information content (AvgIpc) is 2.89. The summed E-state index contributed by atoms with van der Waals surface area (Å²) >= 11 is 1.61. The molecule has 1 amide bonds. The summed E-state index contributed by atoms with van der Waals surface area (Å²) in [6.07, 6.45) is 5.01. The van der Waals surface area contributed by atoms with Gasteiger partial charge in [-0.3, -0.25) is 4.79 Å². The molecule has 1 aliphatic rings. The van der Waals surface area contributed by atoms with E-state index in [2.05, 4.69) is 46.5 Å². The normalized spacial score (nSPS) is 14.7. The van der Waals surface area contributed by atoms with Crippen molar-refractivity contribution in [3.05, 3.63) is 6.20 Å². The van der Waals surface area contributed by atoms with Crippen LogP contribution >= 0.6 is 11.8 Å². The van der Waals surface area contributed by atoms with E-state index in [0.717, 1.165) is 40.6 Å². The van der Waals surface area contributed by atoms with E-state index in [1.165, 1.54) is 6.42 Å². The molecule has 2 N–H and O–H groups in total. The van der Waals surface area contributed by atoms with Crippen LogP contribution in [0.3, 0.4) is 0 Å². The molecule has 8 heteroatoms. The van der Waals surface area contributed by atoms with Crippen LogP contribution in [0.1, 0.15) is 40.0 Å². The molecule has 2 aromatic heterocycles. The molecule has 1 fully saturated rings.